The topological polar surface area (TPSA) is 70.2 Å². The van der Waals surface area contributed by atoms with Crippen molar-refractivity contribution in [1.29, 1.82) is 0 Å². The second-order valence-corrected chi connectivity index (χ2v) is 8.03. The molecule has 0 atom stereocenters. The van der Waals surface area contributed by atoms with E-state index in [0.717, 1.165) is 32.9 Å². The lowest BCUT2D eigenvalue weighted by Crippen LogP contribution is -2.19. The van der Waals surface area contributed by atoms with E-state index in [9.17, 15) is 9.59 Å². The third-order valence-electron chi connectivity index (χ3n) is 5.99. The maximum absolute atomic E-state index is 12.4. The monoisotopic (exact) mass is 429 g/mol. The van der Waals surface area contributed by atoms with Crippen LogP contribution < -0.4 is 16.0 Å². The molecule has 0 radical (unpaired) electrons. The van der Waals surface area contributed by atoms with Gasteiger partial charge in [0.2, 0.25) is 0 Å². The molecule has 5 nitrogen and oxygen atoms in total. The van der Waals surface area contributed by atoms with Crippen LogP contribution in [0.2, 0.25) is 0 Å². The largest absolute Gasteiger partial charge is 0.353 e. The van der Waals surface area contributed by atoms with Crippen molar-refractivity contribution in [1.82, 2.24) is 5.32 Å². The van der Waals surface area contributed by atoms with Crippen molar-refractivity contribution in [3.8, 4) is 0 Å². The fourth-order valence-corrected chi connectivity index (χ4v) is 4.38. The molecule has 0 aromatic heterocycles. The van der Waals surface area contributed by atoms with Crippen LogP contribution in [0.5, 0.6) is 0 Å². The minimum atomic E-state index is -0.382. The molecule has 1 aliphatic heterocycles. The smallest absolute Gasteiger partial charge is 0.259 e. The van der Waals surface area contributed by atoms with E-state index in [1.165, 1.54) is 0 Å². The Bertz CT molecular complexity index is 1460. The fraction of sp³-hybridized carbons (Fsp3) is 0. The average molecular weight is 429 g/mol. The molecule has 5 heteroatoms. The summed E-state index contributed by atoms with van der Waals surface area (Å²) in [6.45, 7) is 0. The number of amides is 2. The highest BCUT2D eigenvalue weighted by Crippen LogP contribution is 2.36. The van der Waals surface area contributed by atoms with Crippen LogP contribution in [0.1, 0.15) is 20.7 Å². The van der Waals surface area contributed by atoms with Crippen molar-refractivity contribution in [3.05, 3.63) is 108 Å². The molecule has 0 bridgehead atoms. The number of carbonyl (C=O) groups excluding carboxylic acids is 2. The Kier molecular flexibility index (Phi) is 4.33. The molecule has 0 unspecified atom stereocenters. The van der Waals surface area contributed by atoms with Crippen LogP contribution in [0.4, 0.5) is 22.7 Å². The molecule has 5 aromatic rings. The van der Waals surface area contributed by atoms with E-state index in [4.69, 9.17) is 0 Å². The summed E-state index contributed by atoms with van der Waals surface area (Å²) >= 11 is 0. The summed E-state index contributed by atoms with van der Waals surface area (Å²) in [5.41, 5.74) is 3.99. The van der Waals surface area contributed by atoms with Crippen LogP contribution in [0.15, 0.2) is 97.1 Å². The predicted molar refractivity (Wildman–Crippen MR) is 133 cm³/mol. The molecule has 158 valence electrons. The van der Waals surface area contributed by atoms with Gasteiger partial charge in [-0.25, -0.2) is 0 Å². The molecular formula is C28H19N3O2. The van der Waals surface area contributed by atoms with Crippen molar-refractivity contribution in [2.45, 2.75) is 0 Å². The molecule has 33 heavy (non-hydrogen) atoms. The highest BCUT2D eigenvalue weighted by atomic mass is 16.2. The van der Waals surface area contributed by atoms with Crippen LogP contribution in [0, 0.1) is 0 Å². The summed E-state index contributed by atoms with van der Waals surface area (Å²) in [6, 6.07) is 31.8. The second kappa shape index (κ2) is 7.50. The summed E-state index contributed by atoms with van der Waals surface area (Å²) in [7, 11) is 0. The highest BCUT2D eigenvalue weighted by molar-refractivity contribution is 6.22. The first-order valence-electron chi connectivity index (χ1n) is 10.7. The van der Waals surface area contributed by atoms with Gasteiger partial charge in [0.25, 0.3) is 11.8 Å². The van der Waals surface area contributed by atoms with Crippen LogP contribution in [0.25, 0.3) is 21.5 Å². The second-order valence-electron chi connectivity index (χ2n) is 8.03. The minimum Gasteiger partial charge on any atom is -0.353 e. The lowest BCUT2D eigenvalue weighted by molar-refractivity contribution is 0.0879. The Hall–Kier alpha value is -4.64. The molecular weight excluding hydrogens is 410 g/mol. The maximum Gasteiger partial charge on any atom is 0.259 e. The number of benzene rings is 5. The minimum absolute atomic E-state index is 0.367. The van der Waals surface area contributed by atoms with E-state index >= 15 is 0 Å². The Balaban J connectivity index is 1.50. The number of nitrogens with one attached hydrogen (secondary N) is 3. The molecule has 0 fully saturated rings. The third kappa shape index (κ3) is 3.27. The Morgan fingerprint density at radius 1 is 0.485 bits per heavy atom. The van der Waals surface area contributed by atoms with Crippen LogP contribution in [-0.4, -0.2) is 11.8 Å². The van der Waals surface area contributed by atoms with Gasteiger partial charge in [-0.05, 0) is 35.0 Å². The van der Waals surface area contributed by atoms with E-state index in [-0.39, 0.29) is 11.8 Å². The molecule has 3 N–H and O–H groups in total. The number of anilines is 4. The van der Waals surface area contributed by atoms with Crippen LogP contribution >= 0.6 is 0 Å². The predicted octanol–water partition coefficient (Wildman–Crippen LogP) is 6.36. The number of imide groups is 1. The Labute approximate surface area is 190 Å². The van der Waals surface area contributed by atoms with Gasteiger partial charge in [0.15, 0.2) is 0 Å². The van der Waals surface area contributed by atoms with Crippen molar-refractivity contribution in [3.63, 3.8) is 0 Å². The number of hydrogen-bond donors (Lipinski definition) is 3. The third-order valence-corrected chi connectivity index (χ3v) is 5.99. The lowest BCUT2D eigenvalue weighted by atomic mass is 10.0. The van der Waals surface area contributed by atoms with E-state index < -0.39 is 0 Å². The van der Waals surface area contributed by atoms with E-state index in [1.54, 1.807) is 12.1 Å². The van der Waals surface area contributed by atoms with Gasteiger partial charge in [-0.3, -0.25) is 14.9 Å². The molecule has 6 rings (SSSR count). The summed E-state index contributed by atoms with van der Waals surface area (Å²) in [5, 5.41) is 13.7. The van der Waals surface area contributed by atoms with Gasteiger partial charge in [0.05, 0.1) is 22.5 Å². The molecule has 2 amide bonds. The van der Waals surface area contributed by atoms with Crippen molar-refractivity contribution in [2.75, 3.05) is 10.6 Å². The van der Waals surface area contributed by atoms with Gasteiger partial charge >= 0.3 is 0 Å². The van der Waals surface area contributed by atoms with Gasteiger partial charge < -0.3 is 10.6 Å². The van der Waals surface area contributed by atoms with E-state index in [0.29, 0.717) is 22.5 Å². The number of rotatable bonds is 4. The zero-order valence-electron chi connectivity index (χ0n) is 17.6. The Morgan fingerprint density at radius 3 is 1.39 bits per heavy atom. The first-order chi connectivity index (χ1) is 16.2. The molecule has 0 saturated heterocycles. The number of fused-ring (bicyclic) bond motifs is 3. The quantitative estimate of drug-likeness (QED) is 0.291. The first kappa shape index (κ1) is 19.1. The van der Waals surface area contributed by atoms with Gasteiger partial charge in [-0.2, -0.15) is 0 Å². The molecule has 0 aliphatic carbocycles. The average Bonchev–Trinajstić information content (AvgIpc) is 3.12. The van der Waals surface area contributed by atoms with E-state index in [2.05, 4.69) is 52.3 Å². The lowest BCUT2D eigenvalue weighted by Gasteiger charge is -2.17. The summed E-state index contributed by atoms with van der Waals surface area (Å²) in [5.74, 6) is -0.764. The zero-order chi connectivity index (χ0) is 22.4. The fourth-order valence-electron chi connectivity index (χ4n) is 4.38. The number of carbonyl (C=O) groups is 2. The van der Waals surface area contributed by atoms with Crippen LogP contribution in [0.3, 0.4) is 0 Å². The number of hydrogen-bond acceptors (Lipinski definition) is 4. The summed E-state index contributed by atoms with van der Waals surface area (Å²) in [6.07, 6.45) is 0. The van der Waals surface area contributed by atoms with E-state index in [1.807, 2.05) is 48.5 Å². The van der Waals surface area contributed by atoms with Crippen molar-refractivity contribution in [2.24, 2.45) is 0 Å². The molecule has 0 saturated carbocycles. The molecule has 1 aliphatic rings. The SMILES string of the molecule is O=C1NC(=O)c2cc(Nc3cccc4ccccc34)c(Nc3cccc4ccccc34)cc21. The normalized spacial score (nSPS) is 12.6. The van der Waals surface area contributed by atoms with Gasteiger partial charge in [-0.1, -0.05) is 72.8 Å². The first-order valence-corrected chi connectivity index (χ1v) is 10.7. The molecule has 5 aromatic carbocycles. The molecule has 0 spiro atoms. The zero-order valence-corrected chi connectivity index (χ0v) is 17.6. The highest BCUT2D eigenvalue weighted by Gasteiger charge is 2.28. The standard InChI is InChI=1S/C28H19N3O2/c32-27-21-15-25(29-23-13-5-9-17-7-1-3-11-19(17)23)26(16-22(21)28(33)31-27)30-24-14-6-10-18-8-2-4-12-20(18)24/h1-16,29-30H,(H,31,32,33). The maximum atomic E-state index is 12.4. The van der Waals surface area contributed by atoms with Crippen molar-refractivity contribution < 1.29 is 9.59 Å². The molecule has 1 heterocycles. The van der Waals surface area contributed by atoms with Crippen LogP contribution in [-0.2, 0) is 0 Å². The van der Waals surface area contributed by atoms with Gasteiger partial charge in [0, 0.05) is 22.1 Å². The van der Waals surface area contributed by atoms with Gasteiger partial charge in [-0.15, -0.1) is 0 Å². The van der Waals surface area contributed by atoms with Crippen molar-refractivity contribution >= 4 is 56.1 Å². The summed E-state index contributed by atoms with van der Waals surface area (Å²) in [4.78, 5) is 24.7. The summed E-state index contributed by atoms with van der Waals surface area (Å²) < 4.78 is 0. The van der Waals surface area contributed by atoms with Gasteiger partial charge in [0.1, 0.15) is 0 Å². The Morgan fingerprint density at radius 2 is 0.909 bits per heavy atom.